The second kappa shape index (κ2) is 3.69. The van der Waals surface area contributed by atoms with E-state index in [0.717, 1.165) is 11.0 Å². The van der Waals surface area contributed by atoms with Crippen LogP contribution >= 0.6 is 0 Å². The highest BCUT2D eigenvalue weighted by Gasteiger charge is 2.08. The molecule has 0 saturated carbocycles. The molecule has 4 nitrogen and oxygen atoms in total. The zero-order valence-corrected chi connectivity index (χ0v) is 7.46. The average Bonchev–Trinajstić information content (AvgIpc) is 2.27. The molecule has 4 heteroatoms. The van der Waals surface area contributed by atoms with Crippen molar-refractivity contribution in [1.29, 1.82) is 0 Å². The van der Waals surface area contributed by atoms with Crippen LogP contribution in [-0.2, 0) is 0 Å². The first-order valence-corrected chi connectivity index (χ1v) is 4.32. The molecule has 0 aliphatic carbocycles. The van der Waals surface area contributed by atoms with Gasteiger partial charge >= 0.3 is 0 Å². The Hall–Kier alpha value is -1.52. The minimum atomic E-state index is -0.952. The molecular formula is C10H10N2O2. The highest BCUT2D eigenvalue weighted by Crippen LogP contribution is 2.13. The molecule has 0 unspecified atom stereocenters. The first kappa shape index (κ1) is 9.05. The maximum absolute atomic E-state index is 9.34. The molecule has 0 aliphatic rings. The molecule has 0 radical (unpaired) electrons. The van der Waals surface area contributed by atoms with Crippen LogP contribution in [0.2, 0.25) is 0 Å². The summed E-state index contributed by atoms with van der Waals surface area (Å²) in [4.78, 5) is 8.29. The third-order valence-electron chi connectivity index (χ3n) is 1.98. The van der Waals surface area contributed by atoms with Gasteiger partial charge in [-0.1, -0.05) is 12.1 Å². The van der Waals surface area contributed by atoms with Crippen LogP contribution in [0.4, 0.5) is 0 Å². The predicted molar refractivity (Wildman–Crippen MR) is 51.6 cm³/mol. The lowest BCUT2D eigenvalue weighted by Crippen LogP contribution is -2.05. The van der Waals surface area contributed by atoms with Gasteiger partial charge in [0.15, 0.2) is 0 Å². The number of aliphatic hydroxyl groups is 2. The van der Waals surface area contributed by atoms with Gasteiger partial charge in [0, 0.05) is 0 Å². The van der Waals surface area contributed by atoms with Gasteiger partial charge in [-0.2, -0.15) is 0 Å². The number of aliphatic hydroxyl groups excluding tert-OH is 2. The number of hydrogen-bond acceptors (Lipinski definition) is 4. The van der Waals surface area contributed by atoms with Crippen LogP contribution in [0.15, 0.2) is 30.5 Å². The number of rotatable bonds is 2. The minimum Gasteiger partial charge on any atom is -0.393 e. The van der Waals surface area contributed by atoms with E-state index >= 15 is 0 Å². The van der Waals surface area contributed by atoms with E-state index in [1.54, 1.807) is 0 Å². The van der Waals surface area contributed by atoms with Crippen LogP contribution in [-0.4, -0.2) is 26.8 Å². The van der Waals surface area contributed by atoms with Crippen molar-refractivity contribution < 1.29 is 10.2 Å². The van der Waals surface area contributed by atoms with Gasteiger partial charge in [0.25, 0.3) is 0 Å². The Balaban J connectivity index is 2.51. The summed E-state index contributed by atoms with van der Waals surface area (Å²) in [5.74, 6) is 0. The highest BCUT2D eigenvalue weighted by atomic mass is 16.3. The SMILES string of the molecule is OC[C@@H](O)c1cnc2ccccc2n1. The van der Waals surface area contributed by atoms with E-state index in [1.165, 1.54) is 6.20 Å². The number of nitrogens with zero attached hydrogens (tertiary/aromatic N) is 2. The monoisotopic (exact) mass is 190 g/mol. The van der Waals surface area contributed by atoms with Crippen LogP contribution in [0.25, 0.3) is 11.0 Å². The molecule has 2 N–H and O–H groups in total. The zero-order chi connectivity index (χ0) is 9.97. The summed E-state index contributed by atoms with van der Waals surface area (Å²) < 4.78 is 0. The van der Waals surface area contributed by atoms with Crippen LogP contribution in [0.1, 0.15) is 11.8 Å². The molecule has 2 rings (SSSR count). The van der Waals surface area contributed by atoms with Crippen molar-refractivity contribution in [3.05, 3.63) is 36.2 Å². The molecule has 0 spiro atoms. The maximum atomic E-state index is 9.34. The van der Waals surface area contributed by atoms with Crippen LogP contribution in [0.3, 0.4) is 0 Å². The van der Waals surface area contributed by atoms with Crippen molar-refractivity contribution in [1.82, 2.24) is 9.97 Å². The van der Waals surface area contributed by atoms with Crippen molar-refractivity contribution in [3.63, 3.8) is 0 Å². The normalized spacial score (nSPS) is 13.0. The standard InChI is InChI=1S/C10H10N2O2/c13-6-10(14)9-5-11-7-3-1-2-4-8(7)12-9/h1-5,10,13-14H,6H2/t10-/m1/s1. The molecule has 72 valence electrons. The Labute approximate surface area is 80.9 Å². The lowest BCUT2D eigenvalue weighted by molar-refractivity contribution is 0.0922. The molecule has 1 aromatic carbocycles. The molecule has 0 saturated heterocycles. The number of fused-ring (bicyclic) bond motifs is 1. The largest absolute Gasteiger partial charge is 0.393 e. The Morgan fingerprint density at radius 2 is 1.93 bits per heavy atom. The van der Waals surface area contributed by atoms with Crippen LogP contribution in [0.5, 0.6) is 0 Å². The summed E-state index contributed by atoms with van der Waals surface area (Å²) in [7, 11) is 0. The molecule has 0 amide bonds. The van der Waals surface area contributed by atoms with E-state index in [4.69, 9.17) is 5.11 Å². The van der Waals surface area contributed by atoms with Gasteiger partial charge in [-0.15, -0.1) is 0 Å². The Morgan fingerprint density at radius 1 is 1.21 bits per heavy atom. The fourth-order valence-corrected chi connectivity index (χ4v) is 1.23. The lowest BCUT2D eigenvalue weighted by Gasteiger charge is -2.06. The van der Waals surface area contributed by atoms with Crippen molar-refractivity contribution in [2.24, 2.45) is 0 Å². The quantitative estimate of drug-likeness (QED) is 0.729. The van der Waals surface area contributed by atoms with Gasteiger partial charge in [-0.3, -0.25) is 4.98 Å². The number of hydrogen-bond donors (Lipinski definition) is 2. The molecule has 0 aliphatic heterocycles. The van der Waals surface area contributed by atoms with E-state index in [-0.39, 0.29) is 6.61 Å². The van der Waals surface area contributed by atoms with Crippen molar-refractivity contribution in [2.45, 2.75) is 6.10 Å². The smallest absolute Gasteiger partial charge is 0.120 e. The third kappa shape index (κ3) is 1.57. The summed E-state index contributed by atoms with van der Waals surface area (Å²) in [6, 6.07) is 7.39. The summed E-state index contributed by atoms with van der Waals surface area (Å²) in [5.41, 5.74) is 1.89. The van der Waals surface area contributed by atoms with Gasteiger partial charge in [-0.05, 0) is 12.1 Å². The Kier molecular flexibility index (Phi) is 2.39. The molecule has 1 aromatic heterocycles. The summed E-state index contributed by atoms with van der Waals surface area (Å²) >= 11 is 0. The van der Waals surface area contributed by atoms with Gasteiger partial charge in [0.05, 0.1) is 29.5 Å². The first-order valence-electron chi connectivity index (χ1n) is 4.32. The van der Waals surface area contributed by atoms with Crippen LogP contribution < -0.4 is 0 Å². The average molecular weight is 190 g/mol. The maximum Gasteiger partial charge on any atom is 0.120 e. The second-order valence-corrected chi connectivity index (χ2v) is 2.98. The minimum absolute atomic E-state index is 0.340. The van der Waals surface area contributed by atoms with E-state index in [1.807, 2.05) is 24.3 Å². The summed E-state index contributed by atoms with van der Waals surface area (Å²) in [6.45, 7) is -0.340. The lowest BCUT2D eigenvalue weighted by atomic mass is 10.2. The molecule has 1 heterocycles. The molecule has 1 atom stereocenters. The van der Waals surface area contributed by atoms with Crippen molar-refractivity contribution >= 4 is 11.0 Å². The molecule has 0 bridgehead atoms. The van der Waals surface area contributed by atoms with Gasteiger partial charge in [-0.25, -0.2) is 4.98 Å². The Bertz CT molecular complexity index is 445. The van der Waals surface area contributed by atoms with Crippen molar-refractivity contribution in [3.8, 4) is 0 Å². The molecular weight excluding hydrogens is 180 g/mol. The topological polar surface area (TPSA) is 66.2 Å². The molecule has 0 fully saturated rings. The number of benzene rings is 1. The summed E-state index contributed by atoms with van der Waals surface area (Å²) in [5, 5.41) is 18.1. The van der Waals surface area contributed by atoms with E-state index in [9.17, 15) is 5.11 Å². The first-order chi connectivity index (χ1) is 6.81. The summed E-state index contributed by atoms with van der Waals surface area (Å²) in [6.07, 6.45) is 0.524. The van der Waals surface area contributed by atoms with Gasteiger partial charge < -0.3 is 10.2 Å². The number of para-hydroxylation sites is 2. The fraction of sp³-hybridized carbons (Fsp3) is 0.200. The number of aromatic nitrogens is 2. The fourth-order valence-electron chi connectivity index (χ4n) is 1.23. The zero-order valence-electron chi connectivity index (χ0n) is 7.46. The third-order valence-corrected chi connectivity index (χ3v) is 1.98. The molecule has 14 heavy (non-hydrogen) atoms. The van der Waals surface area contributed by atoms with Crippen molar-refractivity contribution in [2.75, 3.05) is 6.61 Å². The van der Waals surface area contributed by atoms with Crippen LogP contribution in [0, 0.1) is 0 Å². The Morgan fingerprint density at radius 3 is 2.64 bits per heavy atom. The second-order valence-electron chi connectivity index (χ2n) is 2.98. The van der Waals surface area contributed by atoms with E-state index in [0.29, 0.717) is 5.69 Å². The van der Waals surface area contributed by atoms with E-state index < -0.39 is 6.10 Å². The van der Waals surface area contributed by atoms with E-state index in [2.05, 4.69) is 9.97 Å². The highest BCUT2D eigenvalue weighted by molar-refractivity contribution is 5.73. The van der Waals surface area contributed by atoms with Gasteiger partial charge in [0.1, 0.15) is 6.10 Å². The molecule has 2 aromatic rings. The van der Waals surface area contributed by atoms with Gasteiger partial charge in [0.2, 0.25) is 0 Å². The predicted octanol–water partition coefficient (Wildman–Crippen LogP) is 0.655.